The Morgan fingerprint density at radius 3 is 2.66 bits per heavy atom. The monoisotopic (exact) mass is 390 g/mol. The zero-order valence-corrected chi connectivity index (χ0v) is 17.5. The van der Waals surface area contributed by atoms with Crippen LogP contribution in [0.1, 0.15) is 59.1 Å². The van der Waals surface area contributed by atoms with Crippen LogP contribution >= 0.6 is 0 Å². The minimum atomic E-state index is 0.291. The molecule has 0 saturated heterocycles. The predicted molar refractivity (Wildman–Crippen MR) is 112 cm³/mol. The van der Waals surface area contributed by atoms with Gasteiger partial charge in [0.05, 0.1) is 11.0 Å². The summed E-state index contributed by atoms with van der Waals surface area (Å²) in [6, 6.07) is 6.33. The molecule has 3 aromatic heterocycles. The first-order chi connectivity index (χ1) is 13.9. The molecule has 0 aliphatic rings. The Morgan fingerprint density at radius 1 is 1.10 bits per heavy atom. The van der Waals surface area contributed by atoms with Crippen molar-refractivity contribution in [3.05, 3.63) is 63.7 Å². The fourth-order valence-electron chi connectivity index (χ4n) is 3.69. The van der Waals surface area contributed by atoms with Crippen LogP contribution in [0.5, 0.6) is 5.75 Å². The van der Waals surface area contributed by atoms with Crippen molar-refractivity contribution in [2.45, 2.75) is 53.6 Å². The number of aromatic nitrogens is 6. The smallest absolute Gasteiger partial charge is 0.211 e. The summed E-state index contributed by atoms with van der Waals surface area (Å²) in [5.41, 5.74) is 9.34. The Hall–Kier alpha value is -3.22. The van der Waals surface area contributed by atoms with E-state index >= 15 is 0 Å². The van der Waals surface area contributed by atoms with Gasteiger partial charge in [-0.3, -0.25) is 4.98 Å². The molecular weight excluding hydrogens is 364 g/mol. The van der Waals surface area contributed by atoms with Crippen LogP contribution in [0.25, 0.3) is 11.0 Å². The molecule has 0 spiro atoms. The summed E-state index contributed by atoms with van der Waals surface area (Å²) in [7, 11) is 0. The summed E-state index contributed by atoms with van der Waals surface area (Å²) >= 11 is 0. The van der Waals surface area contributed by atoms with Gasteiger partial charge in [-0.1, -0.05) is 19.1 Å². The molecule has 0 saturated carbocycles. The maximum Gasteiger partial charge on any atom is 0.211 e. The van der Waals surface area contributed by atoms with Gasteiger partial charge in [0, 0.05) is 18.3 Å². The number of pyridine rings is 1. The summed E-state index contributed by atoms with van der Waals surface area (Å²) in [6.45, 7) is 11.0. The van der Waals surface area contributed by atoms with E-state index in [1.54, 1.807) is 0 Å². The van der Waals surface area contributed by atoms with Crippen molar-refractivity contribution < 1.29 is 4.74 Å². The van der Waals surface area contributed by atoms with Crippen LogP contribution in [0.2, 0.25) is 0 Å². The number of tetrazole rings is 1. The molecule has 0 unspecified atom stereocenters. The van der Waals surface area contributed by atoms with E-state index in [2.05, 4.69) is 84.6 Å². The second kappa shape index (κ2) is 7.66. The van der Waals surface area contributed by atoms with Gasteiger partial charge in [-0.15, -0.1) is 10.2 Å². The molecule has 29 heavy (non-hydrogen) atoms. The van der Waals surface area contributed by atoms with E-state index < -0.39 is 0 Å². The van der Waals surface area contributed by atoms with Gasteiger partial charge in [0.2, 0.25) is 5.82 Å². The summed E-state index contributed by atoms with van der Waals surface area (Å²) in [5, 5.41) is 13.9. The number of H-pyrrole nitrogens is 2. The highest BCUT2D eigenvalue weighted by molar-refractivity contribution is 5.79. The van der Waals surface area contributed by atoms with Gasteiger partial charge >= 0.3 is 0 Å². The first kappa shape index (κ1) is 19.1. The van der Waals surface area contributed by atoms with Crippen LogP contribution in [0.4, 0.5) is 0 Å². The van der Waals surface area contributed by atoms with Crippen molar-refractivity contribution in [3.63, 3.8) is 0 Å². The largest absolute Gasteiger partial charge is 0.485 e. The molecule has 2 N–H and O–H groups in total. The van der Waals surface area contributed by atoms with Gasteiger partial charge in [-0.2, -0.15) is 5.21 Å². The lowest BCUT2D eigenvalue weighted by Gasteiger charge is -2.17. The van der Waals surface area contributed by atoms with Crippen molar-refractivity contribution in [3.8, 4) is 5.75 Å². The van der Waals surface area contributed by atoms with Crippen molar-refractivity contribution in [2.24, 2.45) is 0 Å². The number of aromatic amines is 2. The summed E-state index contributed by atoms with van der Waals surface area (Å²) in [5.74, 6) is 1.83. The third kappa shape index (κ3) is 3.72. The number of rotatable bonds is 6. The lowest BCUT2D eigenvalue weighted by Crippen LogP contribution is -2.05. The topological polar surface area (TPSA) is 92.4 Å². The molecule has 0 fully saturated rings. The molecule has 0 bridgehead atoms. The Bertz CT molecular complexity index is 1140. The van der Waals surface area contributed by atoms with Gasteiger partial charge < -0.3 is 9.72 Å². The zero-order valence-electron chi connectivity index (χ0n) is 17.5. The van der Waals surface area contributed by atoms with Crippen LogP contribution in [0, 0.1) is 20.8 Å². The fraction of sp³-hybridized carbons (Fsp3) is 0.364. The van der Waals surface area contributed by atoms with Gasteiger partial charge in [-0.25, -0.2) is 0 Å². The number of fused-ring (bicyclic) bond motifs is 1. The molecule has 4 rings (SSSR count). The average molecular weight is 390 g/mol. The highest BCUT2D eigenvalue weighted by atomic mass is 16.5. The lowest BCUT2D eigenvalue weighted by molar-refractivity contribution is 0.293. The minimum absolute atomic E-state index is 0.291. The number of hydrogen-bond acceptors (Lipinski definition) is 5. The van der Waals surface area contributed by atoms with Crippen molar-refractivity contribution in [2.75, 3.05) is 0 Å². The van der Waals surface area contributed by atoms with Gasteiger partial charge in [-0.05, 0) is 72.7 Å². The number of benzene rings is 1. The highest BCUT2D eigenvalue weighted by Crippen LogP contribution is 2.30. The number of hydrogen-bond donors (Lipinski definition) is 2. The molecule has 3 heterocycles. The van der Waals surface area contributed by atoms with E-state index in [9.17, 15) is 0 Å². The number of aryl methyl sites for hydroxylation is 1. The minimum Gasteiger partial charge on any atom is -0.485 e. The molecule has 7 nitrogen and oxygen atoms in total. The lowest BCUT2D eigenvalue weighted by atomic mass is 9.94. The van der Waals surface area contributed by atoms with Crippen LogP contribution in [0.15, 0.2) is 24.4 Å². The SMILES string of the molecule is Cc1cc(OCc2nn[nH]n2)c(C)c(C)c1Cc1ccc2[nH]cc(C(C)C)c2n1. The van der Waals surface area contributed by atoms with Gasteiger partial charge in [0.15, 0.2) is 6.61 Å². The Kier molecular flexibility index (Phi) is 5.05. The molecule has 0 amide bonds. The summed E-state index contributed by atoms with van der Waals surface area (Å²) in [6.07, 6.45) is 2.87. The van der Waals surface area contributed by atoms with Crippen molar-refractivity contribution in [1.29, 1.82) is 0 Å². The van der Waals surface area contributed by atoms with Crippen molar-refractivity contribution in [1.82, 2.24) is 30.6 Å². The molecule has 150 valence electrons. The van der Waals surface area contributed by atoms with Crippen LogP contribution in [-0.4, -0.2) is 30.6 Å². The molecule has 4 aromatic rings. The Morgan fingerprint density at radius 2 is 1.93 bits per heavy atom. The van der Waals surface area contributed by atoms with E-state index in [0.717, 1.165) is 34.5 Å². The zero-order chi connectivity index (χ0) is 20.5. The fourth-order valence-corrected chi connectivity index (χ4v) is 3.69. The quantitative estimate of drug-likeness (QED) is 0.512. The van der Waals surface area contributed by atoms with E-state index in [0.29, 0.717) is 18.3 Å². The molecule has 0 radical (unpaired) electrons. The number of nitrogens with zero attached hydrogens (tertiary/aromatic N) is 4. The maximum atomic E-state index is 5.93. The number of nitrogens with one attached hydrogen (secondary N) is 2. The Labute approximate surface area is 169 Å². The molecule has 7 heteroatoms. The summed E-state index contributed by atoms with van der Waals surface area (Å²) < 4.78 is 5.93. The van der Waals surface area contributed by atoms with Crippen LogP contribution in [0.3, 0.4) is 0 Å². The third-order valence-corrected chi connectivity index (χ3v) is 5.54. The summed E-state index contributed by atoms with van der Waals surface area (Å²) in [4.78, 5) is 8.30. The first-order valence-corrected chi connectivity index (χ1v) is 9.85. The predicted octanol–water partition coefficient (Wildman–Crippen LogP) is 4.29. The van der Waals surface area contributed by atoms with Crippen molar-refractivity contribution >= 4 is 11.0 Å². The highest BCUT2D eigenvalue weighted by Gasteiger charge is 2.15. The van der Waals surface area contributed by atoms with E-state index in [1.165, 1.54) is 22.3 Å². The average Bonchev–Trinajstić information content (AvgIpc) is 3.36. The van der Waals surface area contributed by atoms with Gasteiger partial charge in [0.25, 0.3) is 0 Å². The van der Waals surface area contributed by atoms with Crippen LogP contribution in [-0.2, 0) is 13.0 Å². The molecule has 0 aliphatic carbocycles. The van der Waals surface area contributed by atoms with E-state index in [1.807, 2.05) is 0 Å². The normalized spacial score (nSPS) is 11.5. The second-order valence-corrected chi connectivity index (χ2v) is 7.81. The number of ether oxygens (including phenoxy) is 1. The standard InChI is InChI=1S/C22H26N6O/c1-12(2)18-10-23-19-7-6-16(24-22(18)19)9-17-13(3)8-20(15(5)14(17)4)29-11-21-25-27-28-26-21/h6-8,10,12,23H,9,11H2,1-5H3,(H,25,26,27,28). The maximum absolute atomic E-state index is 5.93. The van der Waals surface area contributed by atoms with E-state index in [-0.39, 0.29) is 0 Å². The second-order valence-electron chi connectivity index (χ2n) is 7.81. The molecule has 0 aliphatic heterocycles. The Balaban J connectivity index is 1.62. The third-order valence-electron chi connectivity index (χ3n) is 5.54. The molecule has 0 atom stereocenters. The molecular formula is C22H26N6O. The van der Waals surface area contributed by atoms with Gasteiger partial charge in [0.1, 0.15) is 5.75 Å². The van der Waals surface area contributed by atoms with Crippen LogP contribution < -0.4 is 4.74 Å². The molecule has 1 aromatic carbocycles. The van der Waals surface area contributed by atoms with E-state index in [4.69, 9.17) is 9.72 Å². The first-order valence-electron chi connectivity index (χ1n) is 9.85.